The fourth-order valence-corrected chi connectivity index (χ4v) is 1.57. The van der Waals surface area contributed by atoms with Crippen molar-refractivity contribution in [3.8, 4) is 0 Å². The summed E-state index contributed by atoms with van der Waals surface area (Å²) in [6, 6.07) is 5.27. The Hall–Kier alpha value is -1.48. The van der Waals surface area contributed by atoms with Gasteiger partial charge in [0.05, 0.1) is 5.02 Å². The van der Waals surface area contributed by atoms with Gasteiger partial charge in [0.1, 0.15) is 5.69 Å². The molecule has 2 rings (SSSR count). The van der Waals surface area contributed by atoms with Gasteiger partial charge in [-0.2, -0.15) is 0 Å². The van der Waals surface area contributed by atoms with E-state index in [1.54, 1.807) is 19.1 Å². The number of nitrogen functional groups attached to an aromatic ring is 1. The lowest BCUT2D eigenvalue weighted by Crippen LogP contribution is -2.08. The van der Waals surface area contributed by atoms with Crippen LogP contribution in [0.1, 0.15) is 5.56 Å². The highest BCUT2D eigenvalue weighted by Gasteiger charge is 2.09. The van der Waals surface area contributed by atoms with Gasteiger partial charge < -0.3 is 10.2 Å². The van der Waals surface area contributed by atoms with Crippen molar-refractivity contribution >= 4 is 28.3 Å². The molecule has 1 aromatic carbocycles. The Morgan fingerprint density at radius 2 is 2.14 bits per heavy atom. The Kier molecular flexibility index (Phi) is 1.97. The zero-order valence-electron chi connectivity index (χ0n) is 7.50. The van der Waals surface area contributed by atoms with Gasteiger partial charge in [0.25, 0.3) is 0 Å². The minimum Gasteiger partial charge on any atom is -0.420 e. The van der Waals surface area contributed by atoms with Crippen molar-refractivity contribution in [1.29, 1.82) is 0 Å². The third kappa shape index (κ3) is 1.17. The number of benzene rings is 1. The predicted octanol–water partition coefficient (Wildman–Crippen LogP) is 2.34. The van der Waals surface area contributed by atoms with Crippen molar-refractivity contribution in [2.24, 2.45) is 0 Å². The van der Waals surface area contributed by atoms with Gasteiger partial charge in [-0.3, -0.25) is 0 Å². The van der Waals surface area contributed by atoms with E-state index < -0.39 is 5.63 Å². The number of hydrogen-bond acceptors (Lipinski definition) is 3. The summed E-state index contributed by atoms with van der Waals surface area (Å²) in [6.45, 7) is 1.77. The summed E-state index contributed by atoms with van der Waals surface area (Å²) < 4.78 is 4.99. The lowest BCUT2D eigenvalue weighted by molar-refractivity contribution is 0.563. The van der Waals surface area contributed by atoms with Crippen LogP contribution in [-0.2, 0) is 0 Å². The number of hydrogen-bond donors (Lipinski definition) is 1. The second kappa shape index (κ2) is 3.03. The Labute approximate surface area is 85.1 Å². The molecule has 1 heterocycles. The molecule has 0 spiro atoms. The first-order valence-electron chi connectivity index (χ1n) is 4.08. The predicted molar refractivity (Wildman–Crippen MR) is 56.6 cm³/mol. The lowest BCUT2D eigenvalue weighted by Gasteiger charge is -2.03. The molecule has 2 N–H and O–H groups in total. The van der Waals surface area contributed by atoms with E-state index >= 15 is 0 Å². The number of anilines is 1. The van der Waals surface area contributed by atoms with Gasteiger partial charge in [-0.25, -0.2) is 4.79 Å². The van der Waals surface area contributed by atoms with E-state index in [-0.39, 0.29) is 5.69 Å². The number of para-hydroxylation sites is 1. The monoisotopic (exact) mass is 209 g/mol. The van der Waals surface area contributed by atoms with Crippen LogP contribution in [0.15, 0.2) is 27.4 Å². The Bertz CT molecular complexity index is 560. The van der Waals surface area contributed by atoms with E-state index in [9.17, 15) is 4.79 Å². The normalized spacial score (nSPS) is 10.7. The molecule has 0 unspecified atom stereocenters. The first kappa shape index (κ1) is 9.09. The van der Waals surface area contributed by atoms with Crippen LogP contribution in [0.2, 0.25) is 5.02 Å². The van der Waals surface area contributed by atoms with Crippen LogP contribution in [0, 0.1) is 6.92 Å². The van der Waals surface area contributed by atoms with Crippen LogP contribution >= 0.6 is 11.6 Å². The highest BCUT2D eigenvalue weighted by Crippen LogP contribution is 2.26. The summed E-state index contributed by atoms with van der Waals surface area (Å²) in [5.41, 5.74) is 6.25. The number of nitrogens with two attached hydrogens (primary N) is 1. The lowest BCUT2D eigenvalue weighted by atomic mass is 10.1. The third-order valence-corrected chi connectivity index (χ3v) is 2.49. The standard InChI is InChI=1S/C10H8ClNO2/c1-5-6-3-2-4-7(11)9(6)14-10(13)8(5)12/h2-4H,12H2,1H3. The van der Waals surface area contributed by atoms with Crippen LogP contribution in [0.25, 0.3) is 11.0 Å². The van der Waals surface area contributed by atoms with Gasteiger partial charge >= 0.3 is 5.63 Å². The van der Waals surface area contributed by atoms with Gasteiger partial charge in [-0.1, -0.05) is 23.7 Å². The van der Waals surface area contributed by atoms with E-state index in [1.165, 1.54) is 0 Å². The maximum Gasteiger partial charge on any atom is 0.359 e. The maximum atomic E-state index is 11.3. The third-order valence-electron chi connectivity index (χ3n) is 2.19. The number of aryl methyl sites for hydroxylation is 1. The molecule has 0 saturated carbocycles. The van der Waals surface area contributed by atoms with Crippen molar-refractivity contribution in [2.45, 2.75) is 6.92 Å². The van der Waals surface area contributed by atoms with Gasteiger partial charge in [-0.15, -0.1) is 0 Å². The first-order chi connectivity index (χ1) is 6.61. The summed E-state index contributed by atoms with van der Waals surface area (Å²) in [7, 11) is 0. The molecular weight excluding hydrogens is 202 g/mol. The average Bonchev–Trinajstić information content (AvgIpc) is 2.17. The minimum absolute atomic E-state index is 0.139. The molecule has 72 valence electrons. The number of fused-ring (bicyclic) bond motifs is 1. The zero-order valence-corrected chi connectivity index (χ0v) is 8.26. The molecule has 0 saturated heterocycles. The van der Waals surface area contributed by atoms with E-state index in [2.05, 4.69) is 0 Å². The molecule has 0 aliphatic rings. The molecule has 0 atom stereocenters. The molecule has 1 aromatic heterocycles. The topological polar surface area (TPSA) is 56.2 Å². The molecule has 3 nitrogen and oxygen atoms in total. The van der Waals surface area contributed by atoms with Crippen LogP contribution in [0.3, 0.4) is 0 Å². The second-order valence-corrected chi connectivity index (χ2v) is 3.45. The smallest absolute Gasteiger partial charge is 0.359 e. The fourth-order valence-electron chi connectivity index (χ4n) is 1.35. The van der Waals surface area contributed by atoms with Crippen molar-refractivity contribution in [3.05, 3.63) is 39.2 Å². The summed E-state index contributed by atoms with van der Waals surface area (Å²) in [6.07, 6.45) is 0. The van der Waals surface area contributed by atoms with Crippen molar-refractivity contribution in [1.82, 2.24) is 0 Å². The summed E-state index contributed by atoms with van der Waals surface area (Å²) >= 11 is 5.88. The van der Waals surface area contributed by atoms with E-state index in [1.807, 2.05) is 6.07 Å². The SMILES string of the molecule is Cc1c(N)c(=O)oc2c(Cl)cccc12. The minimum atomic E-state index is -0.539. The molecule has 2 aromatic rings. The summed E-state index contributed by atoms with van der Waals surface area (Å²) in [5.74, 6) is 0. The van der Waals surface area contributed by atoms with E-state index in [0.29, 0.717) is 16.2 Å². The van der Waals surface area contributed by atoms with Crippen LogP contribution in [-0.4, -0.2) is 0 Å². The van der Waals surface area contributed by atoms with Gasteiger partial charge in [-0.05, 0) is 18.6 Å². The molecule has 0 aliphatic carbocycles. The van der Waals surface area contributed by atoms with E-state index in [0.717, 1.165) is 5.39 Å². The quantitative estimate of drug-likeness (QED) is 0.678. The van der Waals surface area contributed by atoms with Gasteiger partial charge in [0, 0.05) is 5.39 Å². The van der Waals surface area contributed by atoms with Crippen LogP contribution < -0.4 is 11.4 Å². The van der Waals surface area contributed by atoms with Crippen molar-refractivity contribution < 1.29 is 4.42 Å². The molecule has 0 radical (unpaired) electrons. The van der Waals surface area contributed by atoms with E-state index in [4.69, 9.17) is 21.8 Å². The second-order valence-electron chi connectivity index (χ2n) is 3.04. The van der Waals surface area contributed by atoms with Gasteiger partial charge in [0.2, 0.25) is 0 Å². The molecule has 0 bridgehead atoms. The maximum absolute atomic E-state index is 11.3. The highest BCUT2D eigenvalue weighted by atomic mass is 35.5. The zero-order chi connectivity index (χ0) is 10.3. The molecular formula is C10H8ClNO2. The van der Waals surface area contributed by atoms with Gasteiger partial charge in [0.15, 0.2) is 5.58 Å². The molecule has 14 heavy (non-hydrogen) atoms. The summed E-state index contributed by atoms with van der Waals surface area (Å²) in [4.78, 5) is 11.3. The van der Waals surface area contributed by atoms with Crippen LogP contribution in [0.4, 0.5) is 5.69 Å². The Morgan fingerprint density at radius 3 is 2.86 bits per heavy atom. The molecule has 0 amide bonds. The summed E-state index contributed by atoms with van der Waals surface area (Å²) in [5, 5.41) is 1.19. The number of rotatable bonds is 0. The van der Waals surface area contributed by atoms with Crippen molar-refractivity contribution in [3.63, 3.8) is 0 Å². The first-order valence-corrected chi connectivity index (χ1v) is 4.46. The number of halogens is 1. The molecule has 4 heteroatoms. The molecule has 0 aliphatic heterocycles. The average molecular weight is 210 g/mol. The van der Waals surface area contributed by atoms with Crippen molar-refractivity contribution in [2.75, 3.05) is 5.73 Å². The highest BCUT2D eigenvalue weighted by molar-refractivity contribution is 6.34. The fraction of sp³-hybridized carbons (Fsp3) is 0.100. The largest absolute Gasteiger partial charge is 0.420 e. The Balaban J connectivity index is 3.06. The Morgan fingerprint density at radius 1 is 1.43 bits per heavy atom. The van der Waals surface area contributed by atoms with Crippen LogP contribution in [0.5, 0.6) is 0 Å². The molecule has 0 fully saturated rings.